The van der Waals surface area contributed by atoms with Gasteiger partial charge in [-0.25, -0.2) is 9.18 Å². The van der Waals surface area contributed by atoms with Crippen molar-refractivity contribution in [1.29, 1.82) is 0 Å². The molecule has 2 saturated carbocycles. The molecule has 3 rings (SSSR count). The van der Waals surface area contributed by atoms with Gasteiger partial charge in [0.05, 0.1) is 5.56 Å². The molecule has 0 radical (unpaired) electrons. The lowest BCUT2D eigenvalue weighted by atomic mass is 9.79. The van der Waals surface area contributed by atoms with E-state index >= 15 is 0 Å². The van der Waals surface area contributed by atoms with Crippen molar-refractivity contribution in [2.75, 3.05) is 12.4 Å². The van der Waals surface area contributed by atoms with Gasteiger partial charge in [-0.1, -0.05) is 6.58 Å². The minimum absolute atomic E-state index is 0.0433. The number of carbonyl (C=O) groups is 1. The van der Waals surface area contributed by atoms with Crippen LogP contribution in [0.2, 0.25) is 0 Å². The Bertz CT molecular complexity index is 865. The van der Waals surface area contributed by atoms with Crippen LogP contribution in [-0.4, -0.2) is 36.9 Å². The number of hydrogen-bond donors (Lipinski definition) is 1. The standard InChI is InChI=1S/C19H23FO6S/c1-12(2)19(11-13-3-5-15(19)9-13)26-17-10-14(4-6-16(17)20)18(21)25-7-8-27(22,23)24/h4,6,10,13,15H,1,3,5,7-9,11H2,2H3,(H,22,23,24). The Kier molecular flexibility index (Phi) is 5.31. The summed E-state index contributed by atoms with van der Waals surface area (Å²) in [6, 6.07) is 3.63. The lowest BCUT2D eigenvalue weighted by molar-refractivity contribution is 0.0438. The van der Waals surface area contributed by atoms with Gasteiger partial charge in [0, 0.05) is 5.92 Å². The average molecular weight is 398 g/mol. The maximum atomic E-state index is 14.4. The van der Waals surface area contributed by atoms with E-state index in [-0.39, 0.29) is 17.2 Å². The fourth-order valence-electron chi connectivity index (χ4n) is 4.24. The molecule has 0 aromatic heterocycles. The molecule has 0 heterocycles. The van der Waals surface area contributed by atoms with Gasteiger partial charge in [0.2, 0.25) is 0 Å². The van der Waals surface area contributed by atoms with Crippen LogP contribution in [0.3, 0.4) is 0 Å². The van der Waals surface area contributed by atoms with Crippen LogP contribution in [0.25, 0.3) is 0 Å². The molecule has 8 heteroatoms. The summed E-state index contributed by atoms with van der Waals surface area (Å²) in [6.45, 7) is 5.44. The van der Waals surface area contributed by atoms with Gasteiger partial charge < -0.3 is 9.47 Å². The SMILES string of the molecule is C=C(C)C1(Oc2cc(C(=O)OCCS(=O)(=O)O)ccc2F)CC2CCC1C2. The van der Waals surface area contributed by atoms with E-state index in [9.17, 15) is 17.6 Å². The highest BCUT2D eigenvalue weighted by molar-refractivity contribution is 7.85. The zero-order chi connectivity index (χ0) is 19.8. The number of carbonyl (C=O) groups excluding carboxylic acids is 1. The zero-order valence-corrected chi connectivity index (χ0v) is 15.9. The third-order valence-corrected chi connectivity index (χ3v) is 6.23. The number of fused-ring (bicyclic) bond motifs is 2. The summed E-state index contributed by atoms with van der Waals surface area (Å²) < 4.78 is 55.3. The molecule has 148 valence electrons. The van der Waals surface area contributed by atoms with Crippen LogP contribution in [-0.2, 0) is 14.9 Å². The molecule has 1 aromatic carbocycles. The first kappa shape index (κ1) is 19.8. The Balaban J connectivity index is 1.77. The summed E-state index contributed by atoms with van der Waals surface area (Å²) in [6.07, 6.45) is 3.98. The molecule has 2 aliphatic rings. The molecule has 3 atom stereocenters. The van der Waals surface area contributed by atoms with Crippen molar-refractivity contribution in [1.82, 2.24) is 0 Å². The fraction of sp³-hybridized carbons (Fsp3) is 0.526. The second-order valence-corrected chi connectivity index (χ2v) is 8.99. The molecule has 0 aliphatic heterocycles. The van der Waals surface area contributed by atoms with Gasteiger partial charge in [-0.05, 0) is 62.3 Å². The van der Waals surface area contributed by atoms with Crippen molar-refractivity contribution >= 4 is 16.1 Å². The lowest BCUT2D eigenvalue weighted by Gasteiger charge is -2.39. The van der Waals surface area contributed by atoms with E-state index in [1.165, 1.54) is 12.1 Å². The number of halogens is 1. The summed E-state index contributed by atoms with van der Waals surface area (Å²) in [5.74, 6) is -1.33. The Morgan fingerprint density at radius 3 is 2.70 bits per heavy atom. The largest absolute Gasteiger partial charge is 0.480 e. The number of ether oxygens (including phenoxy) is 2. The van der Waals surface area contributed by atoms with E-state index in [2.05, 4.69) is 6.58 Å². The Hall–Kier alpha value is -1.93. The second-order valence-electron chi connectivity index (χ2n) is 7.42. The first-order chi connectivity index (χ1) is 12.6. The molecular weight excluding hydrogens is 375 g/mol. The molecule has 3 unspecified atom stereocenters. The monoisotopic (exact) mass is 398 g/mol. The molecule has 0 saturated heterocycles. The molecule has 1 aromatic rings. The van der Waals surface area contributed by atoms with E-state index in [0.29, 0.717) is 5.92 Å². The fourth-order valence-corrected chi connectivity index (χ4v) is 4.54. The van der Waals surface area contributed by atoms with E-state index in [0.717, 1.165) is 37.3 Å². The van der Waals surface area contributed by atoms with Gasteiger partial charge in [0.1, 0.15) is 18.0 Å². The Morgan fingerprint density at radius 2 is 2.15 bits per heavy atom. The molecule has 0 spiro atoms. The molecule has 27 heavy (non-hydrogen) atoms. The smallest absolute Gasteiger partial charge is 0.338 e. The average Bonchev–Trinajstić information content (AvgIpc) is 3.17. The first-order valence-corrected chi connectivity index (χ1v) is 10.5. The van der Waals surface area contributed by atoms with Crippen LogP contribution < -0.4 is 4.74 Å². The van der Waals surface area contributed by atoms with Gasteiger partial charge in [-0.3, -0.25) is 4.55 Å². The molecule has 2 bridgehead atoms. The number of hydrogen-bond acceptors (Lipinski definition) is 5. The van der Waals surface area contributed by atoms with Gasteiger partial charge in [-0.15, -0.1) is 0 Å². The van der Waals surface area contributed by atoms with E-state index in [4.69, 9.17) is 14.0 Å². The maximum absolute atomic E-state index is 14.4. The highest BCUT2D eigenvalue weighted by atomic mass is 32.2. The van der Waals surface area contributed by atoms with Gasteiger partial charge in [0.25, 0.3) is 10.1 Å². The highest BCUT2D eigenvalue weighted by Crippen LogP contribution is 2.55. The third-order valence-electron chi connectivity index (χ3n) is 5.55. The minimum Gasteiger partial charge on any atom is -0.480 e. The highest BCUT2D eigenvalue weighted by Gasteiger charge is 2.53. The van der Waals surface area contributed by atoms with Gasteiger partial charge >= 0.3 is 5.97 Å². The van der Waals surface area contributed by atoms with Gasteiger partial charge in [-0.2, -0.15) is 8.42 Å². The molecule has 6 nitrogen and oxygen atoms in total. The molecule has 0 amide bonds. The van der Waals surface area contributed by atoms with Crippen molar-refractivity contribution in [3.8, 4) is 5.75 Å². The molecule has 1 N–H and O–H groups in total. The summed E-state index contributed by atoms with van der Waals surface area (Å²) in [4.78, 5) is 12.1. The molecular formula is C19H23FO6S. The van der Waals surface area contributed by atoms with Gasteiger partial charge in [0.15, 0.2) is 11.6 Å². The second kappa shape index (κ2) is 7.24. The van der Waals surface area contributed by atoms with Crippen LogP contribution in [0.1, 0.15) is 43.0 Å². The maximum Gasteiger partial charge on any atom is 0.338 e. The topological polar surface area (TPSA) is 89.9 Å². The van der Waals surface area contributed by atoms with Crippen LogP contribution in [0.5, 0.6) is 5.75 Å². The minimum atomic E-state index is -4.23. The van der Waals surface area contributed by atoms with E-state index < -0.39 is 39.9 Å². The normalized spacial score (nSPS) is 26.8. The van der Waals surface area contributed by atoms with E-state index in [1.54, 1.807) is 0 Å². The number of rotatable bonds is 7. The van der Waals surface area contributed by atoms with E-state index in [1.807, 2.05) is 6.92 Å². The van der Waals surface area contributed by atoms with Crippen LogP contribution in [0.15, 0.2) is 30.4 Å². The van der Waals surface area contributed by atoms with Crippen LogP contribution in [0.4, 0.5) is 4.39 Å². The predicted octanol–water partition coefficient (Wildman–Crippen LogP) is 3.38. The summed E-state index contributed by atoms with van der Waals surface area (Å²) in [5.41, 5.74) is 0.258. The van der Waals surface area contributed by atoms with Crippen molar-refractivity contribution in [3.05, 3.63) is 41.7 Å². The van der Waals surface area contributed by atoms with Crippen molar-refractivity contribution in [3.63, 3.8) is 0 Å². The summed E-state index contributed by atoms with van der Waals surface area (Å²) in [5, 5.41) is 0. The van der Waals surface area contributed by atoms with Crippen molar-refractivity contribution in [2.45, 2.75) is 38.2 Å². The Labute approximate surface area is 158 Å². The van der Waals surface area contributed by atoms with Crippen LogP contribution >= 0.6 is 0 Å². The Morgan fingerprint density at radius 1 is 1.41 bits per heavy atom. The molecule has 2 fully saturated rings. The lowest BCUT2D eigenvalue weighted by Crippen LogP contribution is -2.42. The van der Waals surface area contributed by atoms with Crippen molar-refractivity contribution < 1.29 is 31.6 Å². The van der Waals surface area contributed by atoms with Crippen molar-refractivity contribution in [2.24, 2.45) is 11.8 Å². The quantitative estimate of drug-likeness (QED) is 0.430. The molecule has 2 aliphatic carbocycles. The van der Waals surface area contributed by atoms with Crippen LogP contribution in [0, 0.1) is 17.7 Å². The zero-order valence-electron chi connectivity index (χ0n) is 15.1. The first-order valence-electron chi connectivity index (χ1n) is 8.87. The number of esters is 1. The summed E-state index contributed by atoms with van der Waals surface area (Å²) in [7, 11) is -4.23. The number of benzene rings is 1. The summed E-state index contributed by atoms with van der Waals surface area (Å²) >= 11 is 0. The third kappa shape index (κ3) is 4.16. The predicted molar refractivity (Wildman–Crippen MR) is 96.7 cm³/mol.